The fourth-order valence-electron chi connectivity index (χ4n) is 7.72. The molecule has 0 amide bonds. The molecular weight excluding hydrogens is 624 g/mol. The highest BCUT2D eigenvalue weighted by atomic mass is 16.7. The Bertz CT molecular complexity index is 1620. The van der Waals surface area contributed by atoms with Crippen molar-refractivity contribution in [1.29, 1.82) is 0 Å². The minimum atomic E-state index is -2.98. The summed E-state index contributed by atoms with van der Waals surface area (Å²) in [6, 6.07) is 1.53. The molecule has 2 fully saturated rings. The molecule has 2 saturated heterocycles. The van der Waals surface area contributed by atoms with Crippen LogP contribution in [-0.4, -0.2) is 119 Å². The van der Waals surface area contributed by atoms with Crippen LogP contribution < -0.4 is 9.47 Å². The van der Waals surface area contributed by atoms with Crippen molar-refractivity contribution in [1.82, 2.24) is 0 Å². The summed E-state index contributed by atoms with van der Waals surface area (Å²) in [7, 11) is 1.30. The van der Waals surface area contributed by atoms with E-state index in [1.165, 1.54) is 33.9 Å². The smallest absolute Gasteiger partial charge is 0.274 e. The van der Waals surface area contributed by atoms with E-state index < -0.39 is 101 Å². The summed E-state index contributed by atoms with van der Waals surface area (Å²) >= 11 is 0. The Morgan fingerprint density at radius 1 is 1.11 bits per heavy atom. The minimum Gasteiger partial charge on any atom is -0.506 e. The summed E-state index contributed by atoms with van der Waals surface area (Å²) in [5, 5.41) is 100. The van der Waals surface area contributed by atoms with Gasteiger partial charge in [0.05, 0.1) is 42.5 Å². The number of aryl methyl sites for hydroxylation is 1. The van der Waals surface area contributed by atoms with E-state index in [-0.39, 0.29) is 40.5 Å². The van der Waals surface area contributed by atoms with Crippen LogP contribution in [0.3, 0.4) is 0 Å². The number of hydrogen-bond acceptors (Lipinski definition) is 15. The van der Waals surface area contributed by atoms with Crippen LogP contribution in [0.5, 0.6) is 17.2 Å². The lowest BCUT2D eigenvalue weighted by atomic mass is 9.76. The molecule has 47 heavy (non-hydrogen) atoms. The monoisotopic (exact) mass is 666 g/mol. The number of aliphatic hydroxyl groups is 8. The second-order valence-corrected chi connectivity index (χ2v) is 13.7. The largest absolute Gasteiger partial charge is 0.506 e. The van der Waals surface area contributed by atoms with Crippen LogP contribution in [0.2, 0.25) is 0 Å². The lowest BCUT2D eigenvalue weighted by molar-refractivity contribution is -0.324. The molecule has 4 aliphatic rings. The number of hydrogen-bond donors (Lipinski definition) is 9. The zero-order chi connectivity index (χ0) is 34.8. The second-order valence-electron chi connectivity index (χ2n) is 13.7. The molecule has 0 spiro atoms. The number of ketones is 1. The fourth-order valence-corrected chi connectivity index (χ4v) is 7.72. The lowest BCUT2D eigenvalue weighted by Gasteiger charge is -2.46. The molecule has 0 saturated carbocycles. The van der Waals surface area contributed by atoms with Crippen molar-refractivity contribution in [2.45, 2.75) is 113 Å². The SMILES string of the molecule is COc1c2c(c(O)c3c4c(c(C)cc13)[C@H](O)[C@@H]1O[C@@](O)(C(C)C)[C@](O)(CO)[C@]1(O)O4)C(=O)[C@@H](O)C[C@@H]2O[C@@H]1C[C@@](C)(O)[C@H](O)[C@H](C)O1. The van der Waals surface area contributed by atoms with E-state index in [1.54, 1.807) is 13.8 Å². The normalized spacial score (nSPS) is 41.4. The van der Waals surface area contributed by atoms with E-state index in [0.717, 1.165) is 0 Å². The van der Waals surface area contributed by atoms with E-state index in [4.69, 9.17) is 23.7 Å². The predicted molar refractivity (Wildman–Crippen MR) is 158 cm³/mol. The number of Topliss-reactive ketones (excluding diaryl/α,β-unsaturated/α-hetero) is 1. The van der Waals surface area contributed by atoms with Gasteiger partial charge in [0.2, 0.25) is 11.4 Å². The lowest BCUT2D eigenvalue weighted by Crippen LogP contribution is -2.71. The van der Waals surface area contributed by atoms with E-state index in [9.17, 15) is 50.8 Å². The Balaban J connectivity index is 1.56. The number of phenolic OH excluding ortho intramolecular Hbond substituents is 1. The number of ether oxygens (including phenoxy) is 5. The summed E-state index contributed by atoms with van der Waals surface area (Å²) in [6.45, 7) is 6.22. The number of carbonyl (C=O) groups is 1. The zero-order valence-corrected chi connectivity index (χ0v) is 26.8. The third-order valence-electron chi connectivity index (χ3n) is 10.3. The maximum absolute atomic E-state index is 13.5. The van der Waals surface area contributed by atoms with Crippen molar-refractivity contribution < 1.29 is 74.4 Å². The molecule has 9 N–H and O–H groups in total. The number of fused-ring (bicyclic) bond motifs is 5. The summed E-state index contributed by atoms with van der Waals surface area (Å²) in [4.78, 5) is 13.5. The summed E-state index contributed by atoms with van der Waals surface area (Å²) in [5.41, 5.74) is -4.53. The van der Waals surface area contributed by atoms with Crippen molar-refractivity contribution >= 4 is 16.6 Å². The van der Waals surface area contributed by atoms with Crippen LogP contribution in [0.1, 0.15) is 79.8 Å². The van der Waals surface area contributed by atoms with Crippen LogP contribution in [-0.2, 0) is 14.2 Å². The van der Waals surface area contributed by atoms with Crippen molar-refractivity contribution in [3.8, 4) is 17.2 Å². The highest BCUT2D eigenvalue weighted by Crippen LogP contribution is 2.60. The van der Waals surface area contributed by atoms with Gasteiger partial charge in [-0.2, -0.15) is 0 Å². The first-order chi connectivity index (χ1) is 21.8. The van der Waals surface area contributed by atoms with E-state index >= 15 is 0 Å². The van der Waals surface area contributed by atoms with Crippen LogP contribution in [0.4, 0.5) is 0 Å². The van der Waals surface area contributed by atoms with Crippen LogP contribution in [0, 0.1) is 12.8 Å². The summed E-state index contributed by atoms with van der Waals surface area (Å²) < 4.78 is 29.4. The topological polar surface area (TPSA) is 245 Å². The molecule has 0 radical (unpaired) electrons. The highest BCUT2D eigenvalue weighted by Gasteiger charge is 2.78. The number of aliphatic hydroxyl groups excluding tert-OH is 4. The molecule has 2 aromatic rings. The Morgan fingerprint density at radius 3 is 2.34 bits per heavy atom. The van der Waals surface area contributed by atoms with Gasteiger partial charge in [-0.05, 0) is 32.4 Å². The quantitative estimate of drug-likeness (QED) is 0.199. The Labute approximate surface area is 269 Å². The van der Waals surface area contributed by atoms with Crippen molar-refractivity contribution in [3.63, 3.8) is 0 Å². The van der Waals surface area contributed by atoms with Gasteiger partial charge in [0, 0.05) is 35.3 Å². The van der Waals surface area contributed by atoms with Crippen molar-refractivity contribution in [2.24, 2.45) is 5.92 Å². The van der Waals surface area contributed by atoms with E-state index in [0.29, 0.717) is 5.56 Å². The van der Waals surface area contributed by atoms with Gasteiger partial charge in [0.25, 0.3) is 5.79 Å². The van der Waals surface area contributed by atoms with Crippen molar-refractivity contribution in [3.05, 3.63) is 28.3 Å². The predicted octanol–water partition coefficient (Wildman–Crippen LogP) is -0.305. The molecule has 0 bridgehead atoms. The number of aromatic hydroxyl groups is 1. The van der Waals surface area contributed by atoms with Gasteiger partial charge in [0.15, 0.2) is 18.2 Å². The van der Waals surface area contributed by atoms with Gasteiger partial charge in [0.1, 0.15) is 35.6 Å². The number of phenols is 1. The molecule has 260 valence electrons. The average Bonchev–Trinajstić information content (AvgIpc) is 3.17. The molecule has 6 rings (SSSR count). The Morgan fingerprint density at radius 2 is 1.77 bits per heavy atom. The third kappa shape index (κ3) is 4.43. The first-order valence-corrected chi connectivity index (χ1v) is 15.5. The van der Waals surface area contributed by atoms with Crippen LogP contribution >= 0.6 is 0 Å². The Hall–Kier alpha value is -2.67. The van der Waals surface area contributed by atoms with Gasteiger partial charge >= 0.3 is 0 Å². The summed E-state index contributed by atoms with van der Waals surface area (Å²) in [6.07, 6.45) is -9.98. The average molecular weight is 667 g/mol. The first-order valence-electron chi connectivity index (χ1n) is 15.5. The van der Waals surface area contributed by atoms with E-state index in [2.05, 4.69) is 0 Å². The Kier molecular flexibility index (Phi) is 7.94. The first kappa shape index (κ1) is 34.2. The maximum atomic E-state index is 13.5. The number of rotatable bonds is 5. The molecule has 0 unspecified atom stereocenters. The molecule has 1 aliphatic carbocycles. The summed E-state index contributed by atoms with van der Waals surface area (Å²) in [5.74, 6) is -8.52. The molecule has 15 heteroatoms. The highest BCUT2D eigenvalue weighted by molar-refractivity contribution is 6.13. The molecule has 3 heterocycles. The molecule has 11 atom stereocenters. The van der Waals surface area contributed by atoms with Crippen LogP contribution in [0.15, 0.2) is 6.07 Å². The zero-order valence-electron chi connectivity index (χ0n) is 26.8. The molecule has 2 aromatic carbocycles. The molecule has 0 aromatic heterocycles. The third-order valence-corrected chi connectivity index (χ3v) is 10.3. The fraction of sp³-hybridized carbons (Fsp3) is 0.656. The van der Waals surface area contributed by atoms with Gasteiger partial charge in [-0.1, -0.05) is 13.8 Å². The van der Waals surface area contributed by atoms with Crippen molar-refractivity contribution in [2.75, 3.05) is 13.7 Å². The van der Waals surface area contributed by atoms with Crippen LogP contribution in [0.25, 0.3) is 10.8 Å². The van der Waals surface area contributed by atoms with Gasteiger partial charge in [-0.3, -0.25) is 4.79 Å². The number of benzene rings is 2. The minimum absolute atomic E-state index is 0.00517. The molecule has 3 aliphatic heterocycles. The number of carbonyl (C=O) groups excluding carboxylic acids is 1. The maximum Gasteiger partial charge on any atom is 0.274 e. The molecule has 15 nitrogen and oxygen atoms in total. The molecular formula is C32H42O15. The van der Waals surface area contributed by atoms with Gasteiger partial charge in [-0.15, -0.1) is 0 Å². The van der Waals surface area contributed by atoms with Gasteiger partial charge in [-0.25, -0.2) is 0 Å². The second kappa shape index (κ2) is 10.9. The van der Waals surface area contributed by atoms with Gasteiger partial charge < -0.3 is 69.6 Å². The standard InChI is InChI=1S/C32H42O15/c1-11(2)31(41)30(40,10-33)32(42)28(47-31)24(37)18-12(3)7-14-19(26(18)46-32)23(36)21-20(25(14)43-6)16(8-15(34)22(21)35)45-17-9-29(5,39)27(38)13(4)44-17/h7,11,13,15-17,24,27-28,33-34,36-42H,8-10H2,1-6H3/t13-,15-,16-,17+,24-,27+,28-,29+,30+,31-,32+/m0/s1. The number of methoxy groups -OCH3 is 1. The van der Waals surface area contributed by atoms with E-state index in [1.807, 2.05) is 0 Å².